The van der Waals surface area contributed by atoms with Gasteiger partial charge in [-0.05, 0) is 37.3 Å². The SMILES string of the molecule is O=C(c1ccccc1)N1CCC(CCF)CC1. The van der Waals surface area contributed by atoms with Gasteiger partial charge in [-0.2, -0.15) is 0 Å². The van der Waals surface area contributed by atoms with Gasteiger partial charge in [-0.1, -0.05) is 18.2 Å². The van der Waals surface area contributed by atoms with Crippen LogP contribution in [0.4, 0.5) is 4.39 Å². The van der Waals surface area contributed by atoms with Gasteiger partial charge in [-0.25, -0.2) is 0 Å². The molecule has 92 valence electrons. The third-order valence-corrected chi connectivity index (χ3v) is 3.44. The highest BCUT2D eigenvalue weighted by atomic mass is 19.1. The summed E-state index contributed by atoms with van der Waals surface area (Å²) < 4.78 is 12.2. The minimum absolute atomic E-state index is 0.101. The first-order valence-corrected chi connectivity index (χ1v) is 6.21. The third kappa shape index (κ3) is 3.05. The molecule has 1 fully saturated rings. The van der Waals surface area contributed by atoms with Gasteiger partial charge in [0.05, 0.1) is 6.67 Å². The Hall–Kier alpha value is -1.38. The molecule has 1 aliphatic heterocycles. The Morgan fingerprint density at radius 3 is 2.47 bits per heavy atom. The van der Waals surface area contributed by atoms with E-state index in [0.717, 1.165) is 31.5 Å². The van der Waals surface area contributed by atoms with Crippen molar-refractivity contribution in [2.24, 2.45) is 5.92 Å². The summed E-state index contributed by atoms with van der Waals surface area (Å²) in [6.07, 6.45) is 2.51. The highest BCUT2D eigenvalue weighted by molar-refractivity contribution is 5.94. The lowest BCUT2D eigenvalue weighted by atomic mass is 9.94. The molecule has 17 heavy (non-hydrogen) atoms. The van der Waals surface area contributed by atoms with Crippen molar-refractivity contribution in [2.45, 2.75) is 19.3 Å². The van der Waals surface area contributed by atoms with Gasteiger partial charge in [0, 0.05) is 18.7 Å². The van der Waals surface area contributed by atoms with E-state index in [1.54, 1.807) is 0 Å². The summed E-state index contributed by atoms with van der Waals surface area (Å²) in [5.41, 5.74) is 0.747. The zero-order valence-corrected chi connectivity index (χ0v) is 9.94. The lowest BCUT2D eigenvalue weighted by Crippen LogP contribution is -2.38. The van der Waals surface area contributed by atoms with Crippen molar-refractivity contribution in [3.63, 3.8) is 0 Å². The number of carbonyl (C=O) groups is 1. The first-order chi connectivity index (χ1) is 8.31. The van der Waals surface area contributed by atoms with Gasteiger partial charge < -0.3 is 4.90 Å². The molecular weight excluding hydrogens is 217 g/mol. The van der Waals surface area contributed by atoms with Crippen molar-refractivity contribution < 1.29 is 9.18 Å². The Balaban J connectivity index is 1.91. The van der Waals surface area contributed by atoms with Crippen LogP contribution >= 0.6 is 0 Å². The van der Waals surface area contributed by atoms with Crippen molar-refractivity contribution in [1.82, 2.24) is 4.90 Å². The Labute approximate surface area is 101 Å². The van der Waals surface area contributed by atoms with E-state index in [2.05, 4.69) is 0 Å². The number of benzene rings is 1. The van der Waals surface area contributed by atoms with E-state index in [0.29, 0.717) is 12.3 Å². The van der Waals surface area contributed by atoms with Gasteiger partial charge in [0.15, 0.2) is 0 Å². The highest BCUT2D eigenvalue weighted by Gasteiger charge is 2.23. The van der Waals surface area contributed by atoms with Crippen molar-refractivity contribution in [2.75, 3.05) is 19.8 Å². The minimum atomic E-state index is -0.239. The fourth-order valence-corrected chi connectivity index (χ4v) is 2.34. The molecule has 1 aromatic rings. The van der Waals surface area contributed by atoms with Gasteiger partial charge in [-0.15, -0.1) is 0 Å². The van der Waals surface area contributed by atoms with Crippen molar-refractivity contribution in [3.8, 4) is 0 Å². The van der Waals surface area contributed by atoms with Gasteiger partial charge in [0.25, 0.3) is 5.91 Å². The van der Waals surface area contributed by atoms with E-state index in [-0.39, 0.29) is 12.6 Å². The molecule has 1 saturated heterocycles. The number of alkyl halides is 1. The zero-order valence-electron chi connectivity index (χ0n) is 9.94. The lowest BCUT2D eigenvalue weighted by Gasteiger charge is -2.31. The van der Waals surface area contributed by atoms with Crippen LogP contribution in [0.1, 0.15) is 29.6 Å². The van der Waals surface area contributed by atoms with E-state index >= 15 is 0 Å². The molecule has 1 aliphatic rings. The van der Waals surface area contributed by atoms with Crippen LogP contribution in [0.25, 0.3) is 0 Å². The van der Waals surface area contributed by atoms with Crippen molar-refractivity contribution >= 4 is 5.91 Å². The molecule has 0 atom stereocenters. The summed E-state index contributed by atoms with van der Waals surface area (Å²) in [4.78, 5) is 14.0. The smallest absolute Gasteiger partial charge is 0.253 e. The molecule has 1 aromatic carbocycles. The molecule has 0 aromatic heterocycles. The quantitative estimate of drug-likeness (QED) is 0.789. The molecule has 3 heteroatoms. The zero-order chi connectivity index (χ0) is 12.1. The molecule has 2 nitrogen and oxygen atoms in total. The molecule has 0 N–H and O–H groups in total. The second kappa shape index (κ2) is 5.80. The molecule has 0 bridgehead atoms. The Kier molecular flexibility index (Phi) is 4.13. The average Bonchev–Trinajstić information content (AvgIpc) is 2.40. The van der Waals surface area contributed by atoms with E-state index in [4.69, 9.17) is 0 Å². The van der Waals surface area contributed by atoms with Crippen molar-refractivity contribution in [3.05, 3.63) is 35.9 Å². The maximum atomic E-state index is 12.2. The van der Waals surface area contributed by atoms with Gasteiger partial charge in [0.1, 0.15) is 0 Å². The molecule has 2 rings (SSSR count). The Morgan fingerprint density at radius 1 is 1.24 bits per heavy atom. The van der Waals surface area contributed by atoms with Crippen LogP contribution in [0.3, 0.4) is 0 Å². The summed E-state index contributed by atoms with van der Waals surface area (Å²) in [5, 5.41) is 0. The molecule has 0 aliphatic carbocycles. The maximum absolute atomic E-state index is 12.2. The van der Waals surface area contributed by atoms with E-state index in [1.807, 2.05) is 35.2 Å². The topological polar surface area (TPSA) is 20.3 Å². The molecule has 0 unspecified atom stereocenters. The molecular formula is C14H18FNO. The number of hydrogen-bond donors (Lipinski definition) is 0. The van der Waals surface area contributed by atoms with Gasteiger partial charge >= 0.3 is 0 Å². The number of piperidine rings is 1. The van der Waals surface area contributed by atoms with E-state index in [9.17, 15) is 9.18 Å². The summed E-state index contributed by atoms with van der Waals surface area (Å²) in [6.45, 7) is 1.29. The number of halogens is 1. The maximum Gasteiger partial charge on any atom is 0.253 e. The number of likely N-dealkylation sites (tertiary alicyclic amines) is 1. The summed E-state index contributed by atoms with van der Waals surface area (Å²) in [5.74, 6) is 0.559. The van der Waals surface area contributed by atoms with Crippen LogP contribution < -0.4 is 0 Å². The van der Waals surface area contributed by atoms with Crippen LogP contribution in [0.5, 0.6) is 0 Å². The number of carbonyl (C=O) groups excluding carboxylic acids is 1. The van der Waals surface area contributed by atoms with E-state index in [1.165, 1.54) is 0 Å². The van der Waals surface area contributed by atoms with Crippen LogP contribution in [0.15, 0.2) is 30.3 Å². The summed E-state index contributed by atoms with van der Waals surface area (Å²) in [7, 11) is 0. The molecule has 1 amide bonds. The van der Waals surface area contributed by atoms with Crippen LogP contribution in [0, 0.1) is 5.92 Å². The van der Waals surface area contributed by atoms with Crippen molar-refractivity contribution in [1.29, 1.82) is 0 Å². The van der Waals surface area contributed by atoms with Gasteiger partial charge in [0.2, 0.25) is 0 Å². The monoisotopic (exact) mass is 235 g/mol. The Morgan fingerprint density at radius 2 is 1.88 bits per heavy atom. The number of nitrogens with zero attached hydrogens (tertiary/aromatic N) is 1. The second-order valence-electron chi connectivity index (χ2n) is 4.58. The molecule has 0 saturated carbocycles. The highest BCUT2D eigenvalue weighted by Crippen LogP contribution is 2.21. The minimum Gasteiger partial charge on any atom is -0.339 e. The fourth-order valence-electron chi connectivity index (χ4n) is 2.34. The first kappa shape index (κ1) is 12.1. The number of hydrogen-bond acceptors (Lipinski definition) is 1. The second-order valence-corrected chi connectivity index (χ2v) is 4.58. The first-order valence-electron chi connectivity index (χ1n) is 6.21. The van der Waals surface area contributed by atoms with E-state index < -0.39 is 0 Å². The van der Waals surface area contributed by atoms with Gasteiger partial charge in [-0.3, -0.25) is 9.18 Å². The largest absolute Gasteiger partial charge is 0.339 e. The predicted octanol–water partition coefficient (Wildman–Crippen LogP) is 2.90. The summed E-state index contributed by atoms with van der Waals surface area (Å²) in [6, 6.07) is 9.35. The average molecular weight is 235 g/mol. The molecule has 1 heterocycles. The summed E-state index contributed by atoms with van der Waals surface area (Å²) >= 11 is 0. The Bertz CT molecular complexity index is 358. The normalized spacial score (nSPS) is 17.1. The standard InChI is InChI=1S/C14H18FNO/c15-9-6-12-7-10-16(11-8-12)14(17)13-4-2-1-3-5-13/h1-5,12H,6-11H2. The van der Waals surface area contributed by atoms with Crippen LogP contribution in [0.2, 0.25) is 0 Å². The number of amides is 1. The number of rotatable bonds is 3. The van der Waals surface area contributed by atoms with Crippen LogP contribution in [-0.4, -0.2) is 30.6 Å². The fraction of sp³-hybridized carbons (Fsp3) is 0.500. The predicted molar refractivity (Wildman–Crippen MR) is 65.7 cm³/mol. The molecule has 0 spiro atoms. The lowest BCUT2D eigenvalue weighted by molar-refractivity contribution is 0.0684. The molecule has 0 radical (unpaired) electrons. The third-order valence-electron chi connectivity index (χ3n) is 3.44. The van der Waals surface area contributed by atoms with Crippen LogP contribution in [-0.2, 0) is 0 Å².